The Balaban J connectivity index is 0.000000185. The van der Waals surface area contributed by atoms with Crippen molar-refractivity contribution < 1.29 is 36.7 Å². The lowest BCUT2D eigenvalue weighted by Gasteiger charge is -2.11. The van der Waals surface area contributed by atoms with E-state index in [1.807, 2.05) is 0 Å². The quantitative estimate of drug-likeness (QED) is 0.0697. The molecular weight excluding hydrogens is 797 g/mol. The number of aromatic amines is 2. The number of H-pyrrole nitrogens is 2. The molecule has 61 heavy (non-hydrogen) atoms. The number of benzene rings is 4. The van der Waals surface area contributed by atoms with Crippen molar-refractivity contribution in [2.45, 2.75) is 6.18 Å². The van der Waals surface area contributed by atoms with Gasteiger partial charge in [0.2, 0.25) is 0 Å². The van der Waals surface area contributed by atoms with E-state index >= 15 is 0 Å². The molecule has 0 aliphatic carbocycles. The fourth-order valence-corrected chi connectivity index (χ4v) is 6.39. The van der Waals surface area contributed by atoms with Gasteiger partial charge in [-0.25, -0.2) is 14.0 Å². The summed E-state index contributed by atoms with van der Waals surface area (Å²) in [4.78, 5) is 62.1. The molecule has 6 amide bonds. The van der Waals surface area contributed by atoms with Gasteiger partial charge in [-0.2, -0.15) is 13.2 Å². The number of aromatic nitrogens is 4. The summed E-state index contributed by atoms with van der Waals surface area (Å²) in [5.74, 6) is -1.58. The highest BCUT2D eigenvalue weighted by molar-refractivity contribution is 6.10. The standard InChI is InChI=1S/C22H16F3N5O2.C21H16FN5O2/c23-22(24,25)13-2-1-3-15(10-13)29-21(32)28-14-6-4-12(5-7-14)18-16-8-9-27-11-17(16)30-19(18)20(26)31;22-13-3-7-15(8-4-13)26-21(29)25-14-5-1-12(2-6-14)18-16-9-10-24-11-17(16)27-19(18)20(23)28/h1-11,30H,(H2,26,31)(H2,28,29,32);1-11,27H,(H2,23,28)(H2,25,26,29). The van der Waals surface area contributed by atoms with Crippen molar-refractivity contribution in [3.8, 4) is 22.3 Å². The topological polar surface area (TPSA) is 226 Å². The van der Waals surface area contributed by atoms with Crippen LogP contribution in [-0.2, 0) is 6.18 Å². The predicted molar refractivity (Wildman–Crippen MR) is 223 cm³/mol. The van der Waals surface area contributed by atoms with Crippen LogP contribution in [0.1, 0.15) is 26.5 Å². The number of amides is 6. The highest BCUT2D eigenvalue weighted by Crippen LogP contribution is 2.35. The van der Waals surface area contributed by atoms with E-state index in [0.717, 1.165) is 28.5 Å². The minimum Gasteiger partial charge on any atom is -0.364 e. The second kappa shape index (κ2) is 17.1. The van der Waals surface area contributed by atoms with Crippen molar-refractivity contribution in [1.82, 2.24) is 19.9 Å². The first kappa shape index (κ1) is 40.6. The van der Waals surface area contributed by atoms with Gasteiger partial charge in [0.1, 0.15) is 17.2 Å². The molecule has 0 aliphatic rings. The largest absolute Gasteiger partial charge is 0.416 e. The summed E-state index contributed by atoms with van der Waals surface area (Å²) in [6.45, 7) is 0. The molecule has 4 aromatic carbocycles. The number of anilines is 4. The van der Waals surface area contributed by atoms with Crippen molar-refractivity contribution in [3.63, 3.8) is 0 Å². The lowest BCUT2D eigenvalue weighted by atomic mass is 10.0. The number of fused-ring (bicyclic) bond motifs is 2. The van der Waals surface area contributed by atoms with Gasteiger partial charge in [0.05, 0.1) is 29.0 Å². The third kappa shape index (κ3) is 9.44. The van der Waals surface area contributed by atoms with E-state index in [1.165, 1.54) is 36.4 Å². The first-order valence-corrected chi connectivity index (χ1v) is 18.0. The molecule has 4 aromatic heterocycles. The van der Waals surface area contributed by atoms with Gasteiger partial charge in [0.15, 0.2) is 0 Å². The van der Waals surface area contributed by atoms with Crippen LogP contribution in [0.5, 0.6) is 0 Å². The maximum atomic E-state index is 12.9. The summed E-state index contributed by atoms with van der Waals surface area (Å²) in [5.41, 5.74) is 16.2. The SMILES string of the molecule is NC(=O)c1[nH]c2cnccc2c1-c1ccc(NC(=O)Nc2ccc(F)cc2)cc1.NC(=O)c1[nH]c2cnccc2c1-c1ccc(NC(=O)Nc2cccc(C(F)(F)F)c2)cc1. The van der Waals surface area contributed by atoms with Gasteiger partial charge < -0.3 is 42.7 Å². The van der Waals surface area contributed by atoms with Gasteiger partial charge in [0, 0.05) is 57.0 Å². The number of hydrogen-bond donors (Lipinski definition) is 8. The average molecular weight is 829 g/mol. The maximum absolute atomic E-state index is 12.9. The fourth-order valence-electron chi connectivity index (χ4n) is 6.39. The number of nitrogens with zero attached hydrogens (tertiary/aromatic N) is 2. The van der Waals surface area contributed by atoms with Crippen molar-refractivity contribution >= 4 is 68.4 Å². The van der Waals surface area contributed by atoms with Crippen molar-refractivity contribution in [2.75, 3.05) is 21.3 Å². The van der Waals surface area contributed by atoms with Crippen LogP contribution in [0.4, 0.5) is 49.9 Å². The van der Waals surface area contributed by atoms with Crippen LogP contribution in [0.15, 0.2) is 134 Å². The molecule has 10 N–H and O–H groups in total. The molecule has 0 radical (unpaired) electrons. The molecule has 8 aromatic rings. The molecule has 0 unspecified atom stereocenters. The first-order chi connectivity index (χ1) is 29.2. The van der Waals surface area contributed by atoms with Gasteiger partial charge in [-0.05, 0) is 90.0 Å². The van der Waals surface area contributed by atoms with Crippen LogP contribution < -0.4 is 32.7 Å². The van der Waals surface area contributed by atoms with E-state index in [0.29, 0.717) is 50.5 Å². The van der Waals surface area contributed by atoms with Crippen molar-refractivity contribution in [1.29, 1.82) is 0 Å². The third-order valence-corrected chi connectivity index (χ3v) is 9.11. The summed E-state index contributed by atoms with van der Waals surface area (Å²) in [6.07, 6.45) is 1.94. The zero-order valence-corrected chi connectivity index (χ0v) is 31.4. The number of alkyl halides is 3. The Hall–Kier alpha value is -8.54. The molecule has 0 atom stereocenters. The minimum absolute atomic E-state index is 0.00690. The lowest BCUT2D eigenvalue weighted by molar-refractivity contribution is -0.137. The summed E-state index contributed by atoms with van der Waals surface area (Å²) < 4.78 is 51.4. The van der Waals surface area contributed by atoms with Crippen molar-refractivity contribution in [2.24, 2.45) is 11.5 Å². The first-order valence-electron chi connectivity index (χ1n) is 18.0. The minimum atomic E-state index is -4.51. The maximum Gasteiger partial charge on any atom is 0.416 e. The molecule has 306 valence electrons. The van der Waals surface area contributed by atoms with Gasteiger partial charge in [0.25, 0.3) is 11.8 Å². The molecular formula is C43H32F4N10O4. The highest BCUT2D eigenvalue weighted by Gasteiger charge is 2.30. The molecule has 0 spiro atoms. The van der Waals surface area contributed by atoms with E-state index < -0.39 is 35.6 Å². The van der Waals surface area contributed by atoms with Gasteiger partial charge >= 0.3 is 18.2 Å². The van der Waals surface area contributed by atoms with Crippen LogP contribution in [-0.4, -0.2) is 43.8 Å². The predicted octanol–water partition coefficient (Wildman–Crippen LogP) is 9.10. The molecule has 0 fully saturated rings. The molecule has 0 saturated heterocycles. The number of pyridine rings is 2. The zero-order valence-electron chi connectivity index (χ0n) is 31.4. The van der Waals surface area contributed by atoms with E-state index in [2.05, 4.69) is 41.2 Å². The Morgan fingerprint density at radius 1 is 0.541 bits per heavy atom. The van der Waals surface area contributed by atoms with Gasteiger partial charge in [-0.3, -0.25) is 19.6 Å². The number of nitrogens with one attached hydrogen (secondary N) is 6. The Labute approximate surface area is 342 Å². The van der Waals surface area contributed by atoms with Crippen LogP contribution in [0.3, 0.4) is 0 Å². The summed E-state index contributed by atoms with van der Waals surface area (Å²) >= 11 is 0. The van der Waals surface area contributed by atoms with Gasteiger partial charge in [-0.1, -0.05) is 30.3 Å². The Morgan fingerprint density at radius 2 is 0.951 bits per heavy atom. The lowest BCUT2D eigenvalue weighted by Crippen LogP contribution is -2.19. The number of nitrogens with two attached hydrogens (primary N) is 2. The smallest absolute Gasteiger partial charge is 0.364 e. The third-order valence-electron chi connectivity index (χ3n) is 9.11. The van der Waals surface area contributed by atoms with E-state index in [9.17, 15) is 36.7 Å². The number of hydrogen-bond acceptors (Lipinski definition) is 6. The molecule has 4 heterocycles. The molecule has 0 bridgehead atoms. The summed E-state index contributed by atoms with van der Waals surface area (Å²) in [5, 5.41) is 11.8. The van der Waals surface area contributed by atoms with Gasteiger partial charge in [-0.15, -0.1) is 0 Å². The highest BCUT2D eigenvalue weighted by atomic mass is 19.4. The molecule has 0 saturated carbocycles. The monoisotopic (exact) mass is 828 g/mol. The number of urea groups is 2. The normalized spacial score (nSPS) is 11.0. The Bertz CT molecular complexity index is 2910. The van der Waals surface area contributed by atoms with Crippen LogP contribution >= 0.6 is 0 Å². The molecule has 8 rings (SSSR count). The second-order valence-electron chi connectivity index (χ2n) is 13.2. The fraction of sp³-hybridized carbons (Fsp3) is 0.0233. The summed E-state index contributed by atoms with van der Waals surface area (Å²) in [7, 11) is 0. The second-order valence-corrected chi connectivity index (χ2v) is 13.2. The van der Waals surface area contributed by atoms with E-state index in [4.69, 9.17) is 11.5 Å². The summed E-state index contributed by atoms with van der Waals surface area (Å²) in [6, 6.07) is 25.8. The number of halogens is 4. The van der Waals surface area contributed by atoms with Crippen LogP contribution in [0.2, 0.25) is 0 Å². The Kier molecular flexibility index (Phi) is 11.4. The van der Waals surface area contributed by atoms with Crippen LogP contribution in [0.25, 0.3) is 44.1 Å². The van der Waals surface area contributed by atoms with E-state index in [1.54, 1.807) is 85.5 Å². The molecule has 0 aliphatic heterocycles. The average Bonchev–Trinajstić information content (AvgIpc) is 3.83. The molecule has 14 nitrogen and oxygen atoms in total. The van der Waals surface area contributed by atoms with Crippen molar-refractivity contribution in [3.05, 3.63) is 157 Å². The number of carbonyl (C=O) groups excluding carboxylic acids is 4. The number of rotatable bonds is 8. The van der Waals surface area contributed by atoms with Crippen LogP contribution in [0, 0.1) is 5.82 Å². The Morgan fingerprint density at radius 3 is 1.36 bits per heavy atom. The number of carbonyl (C=O) groups is 4. The zero-order chi connectivity index (χ0) is 43.3. The molecule has 18 heteroatoms. The number of primary amides is 2. The van der Waals surface area contributed by atoms with E-state index in [-0.39, 0.29) is 17.2 Å².